The van der Waals surface area contributed by atoms with Crippen LogP contribution < -0.4 is 0 Å². The lowest BCUT2D eigenvalue weighted by atomic mass is 9.88. The van der Waals surface area contributed by atoms with Crippen molar-refractivity contribution in [1.82, 2.24) is 9.80 Å². The summed E-state index contributed by atoms with van der Waals surface area (Å²) in [6.07, 6.45) is 1.83. The number of benzene rings is 3. The van der Waals surface area contributed by atoms with E-state index in [1.807, 2.05) is 53.4 Å². The molecule has 2 aliphatic heterocycles. The number of piperidine rings is 1. The number of carbonyl (C=O) groups is 2. The summed E-state index contributed by atoms with van der Waals surface area (Å²) in [4.78, 5) is 30.4. The third-order valence-electron chi connectivity index (χ3n) is 8.59. The van der Waals surface area contributed by atoms with Crippen LogP contribution in [0.1, 0.15) is 61.4 Å². The molecule has 0 unspecified atom stereocenters. The molecule has 0 bridgehead atoms. The molecule has 1 N–H and O–H groups in total. The summed E-state index contributed by atoms with van der Waals surface area (Å²) in [7, 11) is 0. The van der Waals surface area contributed by atoms with E-state index in [0.717, 1.165) is 29.5 Å². The normalized spacial score (nSPS) is 22.5. The fourth-order valence-electron chi connectivity index (χ4n) is 6.36. The van der Waals surface area contributed by atoms with Gasteiger partial charge >= 0.3 is 5.97 Å². The average molecular weight is 628 g/mol. The molecule has 2 saturated heterocycles. The number of aliphatic carboxylic acids is 1. The summed E-state index contributed by atoms with van der Waals surface area (Å²) >= 11 is 12.5. The van der Waals surface area contributed by atoms with E-state index >= 15 is 0 Å². The summed E-state index contributed by atoms with van der Waals surface area (Å²) in [5, 5.41) is 10.7. The largest absolute Gasteiger partial charge is 0.481 e. The Hall–Kier alpha value is -2.97. The van der Waals surface area contributed by atoms with Crippen molar-refractivity contribution >= 4 is 35.1 Å². The summed E-state index contributed by atoms with van der Waals surface area (Å²) in [6, 6.07) is 20.7. The molecule has 43 heavy (non-hydrogen) atoms. The van der Waals surface area contributed by atoms with E-state index in [0.29, 0.717) is 48.9 Å². The van der Waals surface area contributed by atoms with Crippen LogP contribution in [0.5, 0.6) is 0 Å². The number of carboxylic acids is 1. The van der Waals surface area contributed by atoms with Gasteiger partial charge in [0.05, 0.1) is 12.0 Å². The minimum atomic E-state index is -0.785. The minimum absolute atomic E-state index is 0.117. The third kappa shape index (κ3) is 7.58. The molecule has 0 radical (unpaired) electrons. The number of hydrogen-bond donors (Lipinski definition) is 1. The van der Waals surface area contributed by atoms with Crippen LogP contribution in [0.2, 0.25) is 10.0 Å². The molecule has 2 aliphatic rings. The van der Waals surface area contributed by atoms with Crippen LogP contribution in [0.15, 0.2) is 72.8 Å². The van der Waals surface area contributed by atoms with E-state index < -0.39 is 24.2 Å². The molecule has 0 saturated carbocycles. The Morgan fingerprint density at radius 1 is 0.953 bits per heavy atom. The lowest BCUT2D eigenvalue weighted by Crippen LogP contribution is -2.58. The van der Waals surface area contributed by atoms with Gasteiger partial charge in [-0.05, 0) is 85.4 Å². The van der Waals surface area contributed by atoms with Gasteiger partial charge in [-0.2, -0.15) is 0 Å². The molecule has 3 aromatic rings. The van der Waals surface area contributed by atoms with Crippen molar-refractivity contribution in [1.29, 1.82) is 0 Å². The molecule has 3 aromatic carbocycles. The van der Waals surface area contributed by atoms with E-state index in [-0.39, 0.29) is 23.7 Å². The predicted octanol–water partition coefficient (Wildman–Crippen LogP) is 7.35. The quantitative estimate of drug-likeness (QED) is 0.255. The van der Waals surface area contributed by atoms with Crippen molar-refractivity contribution in [3.8, 4) is 0 Å². The molecule has 5 rings (SSSR count). The summed E-state index contributed by atoms with van der Waals surface area (Å²) in [5.74, 6) is -1.53. The number of likely N-dealkylation sites (tertiary alicyclic amines) is 1. The average Bonchev–Trinajstić information content (AvgIpc) is 3.00. The molecule has 6 nitrogen and oxygen atoms in total. The van der Waals surface area contributed by atoms with E-state index in [1.54, 1.807) is 12.1 Å². The lowest BCUT2D eigenvalue weighted by molar-refractivity contribution is -0.180. The fourth-order valence-corrected chi connectivity index (χ4v) is 6.61. The second-order valence-corrected chi connectivity index (χ2v) is 12.4. The molecular weight excluding hydrogens is 590 g/mol. The zero-order chi connectivity index (χ0) is 30.5. The molecule has 2 fully saturated rings. The summed E-state index contributed by atoms with van der Waals surface area (Å²) in [5.41, 5.74) is 2.61. The van der Waals surface area contributed by atoms with Crippen molar-refractivity contribution in [2.75, 3.05) is 19.6 Å². The van der Waals surface area contributed by atoms with E-state index in [2.05, 4.69) is 11.8 Å². The van der Waals surface area contributed by atoms with Gasteiger partial charge in [0.15, 0.2) is 0 Å². The summed E-state index contributed by atoms with van der Waals surface area (Å²) in [6.45, 7) is 4.08. The van der Waals surface area contributed by atoms with Gasteiger partial charge in [-0.25, -0.2) is 4.39 Å². The Morgan fingerprint density at radius 2 is 1.53 bits per heavy atom. The number of rotatable bonds is 10. The number of amides is 1. The highest BCUT2D eigenvalue weighted by atomic mass is 35.5. The molecule has 0 aliphatic carbocycles. The fraction of sp³-hybridized carbons (Fsp3) is 0.412. The molecule has 9 heteroatoms. The first-order valence-corrected chi connectivity index (χ1v) is 15.7. The molecular formula is C34H37Cl2FN2O4. The van der Waals surface area contributed by atoms with Crippen LogP contribution in [0.25, 0.3) is 0 Å². The van der Waals surface area contributed by atoms with Crippen LogP contribution in [0.4, 0.5) is 4.39 Å². The van der Waals surface area contributed by atoms with E-state index in [4.69, 9.17) is 27.9 Å². The molecule has 2 heterocycles. The number of nitrogens with zero attached hydrogens (tertiary/aromatic N) is 2. The van der Waals surface area contributed by atoms with Gasteiger partial charge in [-0.1, -0.05) is 72.9 Å². The van der Waals surface area contributed by atoms with Crippen LogP contribution in [0.3, 0.4) is 0 Å². The standard InChI is InChI=1S/C34H37Cl2FN2O4/c1-2-3-29(21-38-18-16-25(17-19-38)34(41)42)39-31(23-6-10-26(35)11-7-23)32(24-8-12-27(36)13-9-24)43-30(33(39)40)20-22-4-14-28(37)15-5-22/h4-15,25,29-32H,2-3,16-21H2,1H3,(H,41,42)/t29-,30+,31-,32+/m0/s1. The van der Waals surface area contributed by atoms with Crippen LogP contribution in [-0.2, 0) is 20.7 Å². The Kier molecular flexibility index (Phi) is 10.4. The monoisotopic (exact) mass is 626 g/mol. The zero-order valence-corrected chi connectivity index (χ0v) is 25.7. The van der Waals surface area contributed by atoms with Crippen molar-refractivity contribution in [2.24, 2.45) is 5.92 Å². The topological polar surface area (TPSA) is 70.1 Å². The van der Waals surface area contributed by atoms with Gasteiger partial charge in [-0.15, -0.1) is 0 Å². The van der Waals surface area contributed by atoms with Crippen molar-refractivity contribution < 1.29 is 23.8 Å². The Morgan fingerprint density at radius 3 is 2.09 bits per heavy atom. The first kappa shape index (κ1) is 31.5. The maximum atomic E-state index is 14.6. The number of ether oxygens (including phenoxy) is 1. The predicted molar refractivity (Wildman–Crippen MR) is 166 cm³/mol. The molecule has 0 aromatic heterocycles. The maximum absolute atomic E-state index is 14.6. The maximum Gasteiger partial charge on any atom is 0.306 e. The number of carboxylic acid groups (broad SMARTS) is 1. The van der Waals surface area contributed by atoms with Gasteiger partial charge in [0.1, 0.15) is 18.0 Å². The van der Waals surface area contributed by atoms with Crippen LogP contribution >= 0.6 is 23.2 Å². The van der Waals surface area contributed by atoms with Gasteiger partial charge in [0.25, 0.3) is 5.91 Å². The van der Waals surface area contributed by atoms with Crippen LogP contribution in [-0.4, -0.2) is 58.6 Å². The SMILES string of the molecule is CCC[C@@H](CN1CCC(C(=O)O)CC1)N1C(=O)[C@@H](Cc2ccc(F)cc2)O[C@H](c2ccc(Cl)cc2)[C@@H]1c1ccc(Cl)cc1. The highest BCUT2D eigenvalue weighted by Crippen LogP contribution is 2.44. The Labute approximate surface area is 262 Å². The second-order valence-electron chi connectivity index (χ2n) is 11.5. The third-order valence-corrected chi connectivity index (χ3v) is 9.10. The van der Waals surface area contributed by atoms with Gasteiger partial charge in [0, 0.05) is 29.1 Å². The number of carbonyl (C=O) groups excluding carboxylic acids is 1. The first-order valence-electron chi connectivity index (χ1n) is 14.9. The first-order chi connectivity index (χ1) is 20.7. The number of morpholine rings is 1. The van der Waals surface area contributed by atoms with Crippen molar-refractivity contribution in [3.63, 3.8) is 0 Å². The smallest absolute Gasteiger partial charge is 0.306 e. The zero-order valence-electron chi connectivity index (χ0n) is 24.2. The lowest BCUT2D eigenvalue weighted by Gasteiger charge is -2.49. The van der Waals surface area contributed by atoms with Gasteiger partial charge in [0.2, 0.25) is 0 Å². The Bertz CT molecular complexity index is 1380. The van der Waals surface area contributed by atoms with Crippen LogP contribution in [0, 0.1) is 11.7 Å². The molecule has 4 atom stereocenters. The highest BCUT2D eigenvalue weighted by molar-refractivity contribution is 6.30. The Balaban J connectivity index is 1.55. The number of halogens is 3. The highest BCUT2D eigenvalue weighted by Gasteiger charge is 2.47. The number of hydrogen-bond acceptors (Lipinski definition) is 4. The van der Waals surface area contributed by atoms with E-state index in [9.17, 15) is 19.1 Å². The minimum Gasteiger partial charge on any atom is -0.481 e. The molecule has 228 valence electrons. The molecule has 0 spiro atoms. The van der Waals surface area contributed by atoms with Crippen molar-refractivity contribution in [3.05, 3.63) is 105 Å². The molecule has 1 amide bonds. The van der Waals surface area contributed by atoms with E-state index in [1.165, 1.54) is 12.1 Å². The van der Waals surface area contributed by atoms with Gasteiger partial charge in [-0.3, -0.25) is 9.59 Å². The summed E-state index contributed by atoms with van der Waals surface area (Å²) < 4.78 is 20.4. The second kappa shape index (κ2) is 14.2. The van der Waals surface area contributed by atoms with Gasteiger partial charge < -0.3 is 19.6 Å². The van der Waals surface area contributed by atoms with Crippen molar-refractivity contribution in [2.45, 2.75) is 63.3 Å².